The molecule has 0 bridgehead atoms. The Morgan fingerprint density at radius 1 is 0.964 bits per heavy atom. The Morgan fingerprint density at radius 3 is 2.27 bits per heavy atom. The van der Waals surface area contributed by atoms with Crippen LogP contribution in [0, 0.1) is 47.3 Å². The number of fused-ring (bicyclic) bond motifs is 1. The van der Waals surface area contributed by atoms with Crippen molar-refractivity contribution in [3.8, 4) is 5.75 Å². The van der Waals surface area contributed by atoms with Crippen LogP contribution < -0.4 is 4.74 Å². The molecule has 0 amide bonds. The van der Waals surface area contributed by atoms with Crippen LogP contribution in [0.5, 0.6) is 5.75 Å². The lowest BCUT2D eigenvalue weighted by atomic mass is 9.70. The summed E-state index contributed by atoms with van der Waals surface area (Å²) in [5, 5.41) is 2.16. The highest BCUT2D eigenvalue weighted by Crippen LogP contribution is 2.58. The first-order chi connectivity index (χ1) is 26.4. The van der Waals surface area contributed by atoms with Crippen molar-refractivity contribution in [3.63, 3.8) is 0 Å². The van der Waals surface area contributed by atoms with Crippen LogP contribution >= 0.6 is 0 Å². The zero-order chi connectivity index (χ0) is 40.7. The lowest BCUT2D eigenvalue weighted by Gasteiger charge is -2.32. The highest BCUT2D eigenvalue weighted by Gasteiger charge is 2.59. The molecule has 4 aliphatic carbocycles. The number of allylic oxidation sites excluding steroid dienone is 5. The van der Waals surface area contributed by atoms with Gasteiger partial charge in [-0.25, -0.2) is 0 Å². The van der Waals surface area contributed by atoms with E-state index in [0.717, 1.165) is 60.6 Å². The number of rotatable bonds is 16. The molecular weight excluding hydrogens is 697 g/mol. The molecule has 3 saturated carbocycles. The number of carbonyl (C=O) groups excluding carboxylic acids is 4. The number of ether oxygens (including phenoxy) is 2. The van der Waals surface area contributed by atoms with E-state index >= 15 is 0 Å². The van der Waals surface area contributed by atoms with Crippen LogP contribution in [0.4, 0.5) is 0 Å². The van der Waals surface area contributed by atoms with Crippen molar-refractivity contribution in [2.45, 2.75) is 151 Å². The van der Waals surface area contributed by atoms with Crippen LogP contribution in [0.3, 0.4) is 0 Å². The summed E-state index contributed by atoms with van der Waals surface area (Å²) >= 11 is 0. The van der Waals surface area contributed by atoms with Crippen LogP contribution in [0.25, 0.3) is 16.3 Å². The summed E-state index contributed by atoms with van der Waals surface area (Å²) in [7, 11) is 0. The Kier molecular flexibility index (Phi) is 12.4. The molecule has 6 unspecified atom stereocenters. The highest BCUT2D eigenvalue weighted by molar-refractivity contribution is 5.98. The zero-order valence-electron chi connectivity index (χ0n) is 35.6. The molecule has 2 aromatic carbocycles. The summed E-state index contributed by atoms with van der Waals surface area (Å²) < 4.78 is 12.9. The molecule has 6 heteroatoms. The van der Waals surface area contributed by atoms with Crippen LogP contribution in [0.1, 0.15) is 149 Å². The van der Waals surface area contributed by atoms with Crippen molar-refractivity contribution in [2.75, 3.05) is 0 Å². The maximum atomic E-state index is 14.9. The lowest BCUT2D eigenvalue weighted by Crippen LogP contribution is -2.39. The smallest absolute Gasteiger partial charge is 0.306 e. The van der Waals surface area contributed by atoms with Crippen molar-refractivity contribution < 1.29 is 28.7 Å². The fraction of sp³-hybridized carbons (Fsp3) is 0.600. The minimum Gasteiger partial charge on any atom is -0.490 e. The van der Waals surface area contributed by atoms with Gasteiger partial charge in [0, 0.05) is 35.0 Å². The molecule has 6 nitrogen and oxygen atoms in total. The molecule has 0 N–H and O–H groups in total. The van der Waals surface area contributed by atoms with E-state index in [2.05, 4.69) is 77.6 Å². The molecule has 0 spiro atoms. The number of hydrogen-bond acceptors (Lipinski definition) is 6. The van der Waals surface area contributed by atoms with Crippen LogP contribution in [0.15, 0.2) is 54.6 Å². The first-order valence-electron chi connectivity index (χ1n) is 21.4. The van der Waals surface area contributed by atoms with Gasteiger partial charge in [-0.1, -0.05) is 84.4 Å². The molecule has 6 atom stereocenters. The van der Waals surface area contributed by atoms with Crippen molar-refractivity contribution in [1.82, 2.24) is 0 Å². The van der Waals surface area contributed by atoms with E-state index in [1.165, 1.54) is 22.3 Å². The number of esters is 1. The number of carbonyl (C=O) groups is 4. The molecule has 0 aromatic heterocycles. The van der Waals surface area contributed by atoms with Crippen LogP contribution in [-0.2, 0) is 23.9 Å². The van der Waals surface area contributed by atoms with Gasteiger partial charge < -0.3 is 9.47 Å². The zero-order valence-corrected chi connectivity index (χ0v) is 35.6. The Bertz CT molecular complexity index is 1930. The largest absolute Gasteiger partial charge is 0.490 e. The lowest BCUT2D eigenvalue weighted by molar-refractivity contribution is -0.154. The summed E-state index contributed by atoms with van der Waals surface area (Å²) in [4.78, 5) is 55.7. The molecule has 302 valence electrons. The van der Waals surface area contributed by atoms with Crippen molar-refractivity contribution in [2.24, 2.45) is 40.4 Å². The minimum absolute atomic E-state index is 0.00195. The standard InChI is InChI=1S/C50H66O6/c1-11-36-27-50(36,32(7)51)28-45(52)42-24-38(25-43(42)48(54)44(49(8,9)10)26-47(53)56-37-14-12-13-15-37)55-46-23-35(34-17-16-33(21-34)20-29(2)3)22-41-31(6)39(30(4)5)18-19-40(41)46/h11,17-19,21-23,29-30,36-38,42-44H,1,12-16,20,24-28H2,2-10H3. The molecule has 3 fully saturated rings. The summed E-state index contributed by atoms with van der Waals surface area (Å²) in [6.07, 6.45) is 13.2. The predicted molar refractivity (Wildman–Crippen MR) is 225 cm³/mol. The Labute approximate surface area is 335 Å². The van der Waals surface area contributed by atoms with Gasteiger partial charge in [-0.15, -0.1) is 6.58 Å². The first-order valence-corrected chi connectivity index (χ1v) is 21.4. The third-order valence-electron chi connectivity index (χ3n) is 13.5. The van der Waals surface area contributed by atoms with E-state index in [1.807, 2.05) is 20.8 Å². The molecule has 0 radical (unpaired) electrons. The van der Waals surface area contributed by atoms with E-state index in [-0.39, 0.29) is 48.2 Å². The van der Waals surface area contributed by atoms with Crippen molar-refractivity contribution in [3.05, 3.63) is 71.3 Å². The van der Waals surface area contributed by atoms with Gasteiger partial charge in [0.2, 0.25) is 0 Å². The Morgan fingerprint density at radius 2 is 1.66 bits per heavy atom. The van der Waals surface area contributed by atoms with Crippen LogP contribution in [0.2, 0.25) is 0 Å². The monoisotopic (exact) mass is 762 g/mol. The minimum atomic E-state index is -0.743. The van der Waals surface area contributed by atoms with Gasteiger partial charge in [0.1, 0.15) is 35.3 Å². The van der Waals surface area contributed by atoms with Gasteiger partial charge in [0.15, 0.2) is 0 Å². The molecule has 2 aromatic rings. The number of aryl methyl sites for hydroxylation is 1. The van der Waals surface area contributed by atoms with E-state index in [9.17, 15) is 19.2 Å². The Balaban J connectivity index is 1.35. The molecule has 6 rings (SSSR count). The molecule has 0 aliphatic heterocycles. The SMILES string of the molecule is C=CC1CC1(CC(=O)C1CC(Oc2cc(C3=CCC(CC(C)C)=C3)cc3c(C)c(C(C)C)ccc23)CC1C(=O)C(CC(=O)OC1CCCC1)C(C)(C)C)C(C)=O. The van der Waals surface area contributed by atoms with E-state index in [4.69, 9.17) is 9.47 Å². The fourth-order valence-electron chi connectivity index (χ4n) is 10.2. The van der Waals surface area contributed by atoms with Gasteiger partial charge in [-0.05, 0) is 135 Å². The average molecular weight is 763 g/mol. The third kappa shape index (κ3) is 8.85. The second-order valence-electron chi connectivity index (χ2n) is 19.5. The second-order valence-corrected chi connectivity index (χ2v) is 19.5. The third-order valence-corrected chi connectivity index (χ3v) is 13.5. The number of ketones is 3. The quantitative estimate of drug-likeness (QED) is 0.125. The van der Waals surface area contributed by atoms with Crippen molar-refractivity contribution in [1.29, 1.82) is 0 Å². The predicted octanol–water partition coefficient (Wildman–Crippen LogP) is 11.7. The number of benzene rings is 2. The van der Waals surface area contributed by atoms with Gasteiger partial charge in [-0.3, -0.25) is 19.2 Å². The summed E-state index contributed by atoms with van der Waals surface area (Å²) in [6.45, 7) is 22.6. The first kappa shape index (κ1) is 41.8. The van der Waals surface area contributed by atoms with E-state index < -0.39 is 34.7 Å². The van der Waals surface area contributed by atoms with E-state index in [1.54, 1.807) is 13.0 Å². The maximum absolute atomic E-state index is 14.9. The van der Waals surface area contributed by atoms with Crippen LogP contribution in [-0.4, -0.2) is 35.5 Å². The highest BCUT2D eigenvalue weighted by atomic mass is 16.5. The average Bonchev–Trinajstić information content (AvgIpc) is 3.53. The van der Waals surface area contributed by atoms with Gasteiger partial charge in [0.05, 0.1) is 6.42 Å². The fourth-order valence-corrected chi connectivity index (χ4v) is 10.2. The normalized spacial score (nSPS) is 25.7. The van der Waals surface area contributed by atoms with Gasteiger partial charge in [-0.2, -0.15) is 0 Å². The molecule has 4 aliphatic rings. The maximum Gasteiger partial charge on any atom is 0.306 e. The van der Waals surface area contributed by atoms with E-state index in [0.29, 0.717) is 31.1 Å². The second kappa shape index (κ2) is 16.6. The topological polar surface area (TPSA) is 86.7 Å². The molecule has 0 heterocycles. The van der Waals surface area contributed by atoms with Crippen molar-refractivity contribution >= 4 is 39.7 Å². The van der Waals surface area contributed by atoms with Gasteiger partial charge >= 0.3 is 5.97 Å². The summed E-state index contributed by atoms with van der Waals surface area (Å²) in [5.41, 5.74) is 4.99. The number of hydrogen-bond donors (Lipinski definition) is 0. The summed E-state index contributed by atoms with van der Waals surface area (Å²) in [6, 6.07) is 8.79. The molecule has 56 heavy (non-hydrogen) atoms. The molecular formula is C50H66O6. The van der Waals surface area contributed by atoms with Gasteiger partial charge in [0.25, 0.3) is 0 Å². The molecule has 0 saturated heterocycles. The summed E-state index contributed by atoms with van der Waals surface area (Å²) in [5.74, 6) is -0.693. The number of Topliss-reactive ketones (excluding diaryl/α,β-unsaturated/α-hetero) is 3. The Hall–Kier alpha value is -3.80.